The number of aliphatic imine (C=N–C) groups is 1. The smallest absolute Gasteiger partial charge is 0.576 e. The normalized spacial score (nSPS) is 19.7. The van der Waals surface area contributed by atoms with Crippen LogP contribution in [0.25, 0.3) is 0 Å². The summed E-state index contributed by atoms with van der Waals surface area (Å²) in [5.41, 5.74) is 6.43. The van der Waals surface area contributed by atoms with E-state index in [4.69, 9.17) is 12.1 Å². The van der Waals surface area contributed by atoms with Gasteiger partial charge in [-0.1, -0.05) is 69.4 Å². The van der Waals surface area contributed by atoms with Crippen LogP contribution in [0.3, 0.4) is 0 Å². The second-order valence-electron chi connectivity index (χ2n) is 9.02. The molecule has 2 aliphatic rings. The monoisotopic (exact) mass is 508 g/mol. The molecule has 0 radical (unpaired) electrons. The van der Waals surface area contributed by atoms with Crippen molar-refractivity contribution in [1.82, 2.24) is 4.90 Å². The van der Waals surface area contributed by atoms with E-state index < -0.39 is 6.04 Å². The van der Waals surface area contributed by atoms with Gasteiger partial charge in [-0.05, 0) is 62.5 Å². The number of amidine groups is 1. The first-order valence-corrected chi connectivity index (χ1v) is 12.3. The minimum atomic E-state index is -0.441. The van der Waals surface area contributed by atoms with E-state index in [1.807, 2.05) is 38.2 Å². The molecule has 2 aliphatic heterocycles. The Kier molecular flexibility index (Phi) is 14.5. The maximum absolute atomic E-state index is 9.00. The van der Waals surface area contributed by atoms with Gasteiger partial charge in [0.2, 0.25) is 0 Å². The van der Waals surface area contributed by atoms with Gasteiger partial charge in [-0.3, -0.25) is 5.70 Å². The molecule has 2 heterocycles. The molecule has 0 saturated carbocycles. The summed E-state index contributed by atoms with van der Waals surface area (Å²) in [4.78, 5) is 6.09. The number of hydrogen-bond acceptors (Lipinski definition) is 5. The maximum Gasteiger partial charge on any atom is 1.00 e. The Bertz CT molecular complexity index is 1080. The Morgan fingerprint density at radius 1 is 1.28 bits per heavy atom. The number of hydrogen-bond donors (Lipinski definition) is 1. The van der Waals surface area contributed by atoms with E-state index in [0.717, 1.165) is 34.7 Å². The van der Waals surface area contributed by atoms with E-state index in [-0.39, 0.29) is 51.4 Å². The zero-order valence-electron chi connectivity index (χ0n) is 23.1. The molecule has 0 aliphatic carbocycles. The molecule has 186 valence electrons. The second kappa shape index (κ2) is 16.2. The van der Waals surface area contributed by atoms with Crippen molar-refractivity contribution in [2.24, 2.45) is 21.1 Å². The Hall–Kier alpha value is -1.70. The van der Waals surface area contributed by atoms with Gasteiger partial charge in [-0.25, -0.2) is 0 Å². The second-order valence-corrected chi connectivity index (χ2v) is 9.02. The van der Waals surface area contributed by atoms with Gasteiger partial charge in [-0.2, -0.15) is 18.2 Å². The zero-order chi connectivity index (χ0) is 26.0. The van der Waals surface area contributed by atoms with E-state index in [1.165, 1.54) is 5.57 Å². The van der Waals surface area contributed by atoms with Crippen LogP contribution in [-0.2, 0) is 0 Å². The van der Waals surface area contributed by atoms with Crippen LogP contribution < -0.4 is 51.4 Å². The van der Waals surface area contributed by atoms with Crippen molar-refractivity contribution >= 4 is 24.0 Å². The first kappa shape index (κ1) is 32.3. The summed E-state index contributed by atoms with van der Waals surface area (Å²) in [6, 6.07) is -0.441. The van der Waals surface area contributed by atoms with Crippen LogP contribution in [0, 0.1) is 17.4 Å². The third kappa shape index (κ3) is 8.70. The molecule has 36 heavy (non-hydrogen) atoms. The molecule has 0 fully saturated rings. The van der Waals surface area contributed by atoms with E-state index in [1.54, 1.807) is 0 Å². The molecule has 2 rings (SSSR count). The molecule has 0 saturated heterocycles. The third-order valence-electron chi connectivity index (χ3n) is 6.14. The molecular formula is C30H39KN5-. The predicted molar refractivity (Wildman–Crippen MR) is 151 cm³/mol. The summed E-state index contributed by atoms with van der Waals surface area (Å²) in [5, 5.41) is 18.0. The standard InChI is InChI=1S/C30H39N5.K/c1-9-12-14-25(21(4)5)23(7)19-26(31)30-27(32-8)15-13-18-35(30)29-20-28(33-34-29)24(11-3)17-16-22(6)10-2;/h8-10,12,14,16-17,19,21,30-31H,2,11,13,18,20H2,1,3-7H3;/q-2;+1/b12-9-,22-16-,23-19+,24-17+,25-14-,31-26?;. The molecule has 0 aromatic rings. The molecule has 1 unspecified atom stereocenters. The summed E-state index contributed by atoms with van der Waals surface area (Å²) in [6.45, 7) is 22.8. The SMILES string of the molecule is [CH-]=NC1=[C-]CCN(C2=NN=C(/C(=C/C=C(/C)C=C)CC)C2)C1C(=N)/C=C(C)/C(=C\C=C/C)C(C)C.[K+]. The summed E-state index contributed by atoms with van der Waals surface area (Å²) >= 11 is 0. The molecule has 5 nitrogen and oxygen atoms in total. The summed E-state index contributed by atoms with van der Waals surface area (Å²) in [6.07, 6.45) is 19.5. The number of rotatable bonds is 10. The molecule has 0 aromatic carbocycles. The summed E-state index contributed by atoms with van der Waals surface area (Å²) < 4.78 is 0. The largest absolute Gasteiger partial charge is 1.00 e. The van der Waals surface area contributed by atoms with Gasteiger partial charge in [0.05, 0.1) is 12.1 Å². The summed E-state index contributed by atoms with van der Waals surface area (Å²) in [7, 11) is 0. The van der Waals surface area contributed by atoms with Crippen molar-refractivity contribution < 1.29 is 51.4 Å². The van der Waals surface area contributed by atoms with Crippen LogP contribution in [0.15, 0.2) is 92.3 Å². The number of nitrogens with zero attached hydrogens (tertiary/aromatic N) is 4. The average Bonchev–Trinajstić information content (AvgIpc) is 3.33. The van der Waals surface area contributed by atoms with Crippen LogP contribution in [0.2, 0.25) is 0 Å². The van der Waals surface area contributed by atoms with Crippen molar-refractivity contribution in [2.75, 3.05) is 6.54 Å². The molecule has 1 N–H and O–H groups in total. The van der Waals surface area contributed by atoms with E-state index in [0.29, 0.717) is 36.7 Å². The van der Waals surface area contributed by atoms with E-state index in [2.05, 4.69) is 78.7 Å². The average molecular weight is 509 g/mol. The first-order chi connectivity index (χ1) is 16.8. The van der Waals surface area contributed by atoms with Gasteiger partial charge < -0.3 is 21.4 Å². The molecular weight excluding hydrogens is 469 g/mol. The minimum Gasteiger partial charge on any atom is -0.576 e. The van der Waals surface area contributed by atoms with Crippen molar-refractivity contribution in [2.45, 2.75) is 66.8 Å². The Morgan fingerprint density at radius 2 is 2.00 bits per heavy atom. The molecule has 6 heteroatoms. The topological polar surface area (TPSA) is 64.2 Å². The third-order valence-corrected chi connectivity index (χ3v) is 6.14. The van der Waals surface area contributed by atoms with Gasteiger partial charge in [0, 0.05) is 11.8 Å². The number of nitrogens with one attached hydrogen (secondary N) is 1. The molecule has 0 spiro atoms. The zero-order valence-corrected chi connectivity index (χ0v) is 26.2. The van der Waals surface area contributed by atoms with Gasteiger partial charge in [-0.15, -0.1) is 5.10 Å². The van der Waals surface area contributed by atoms with Crippen LogP contribution in [-0.4, -0.2) is 41.5 Å². The fourth-order valence-corrected chi connectivity index (χ4v) is 4.16. The first-order valence-electron chi connectivity index (χ1n) is 12.3. The van der Waals surface area contributed by atoms with Crippen LogP contribution in [0.4, 0.5) is 0 Å². The van der Waals surface area contributed by atoms with Crippen molar-refractivity contribution in [3.63, 3.8) is 0 Å². The van der Waals surface area contributed by atoms with Gasteiger partial charge in [0.15, 0.2) is 0 Å². The van der Waals surface area contributed by atoms with Crippen LogP contribution in [0.1, 0.15) is 60.8 Å². The van der Waals surface area contributed by atoms with Crippen molar-refractivity contribution in [3.05, 3.63) is 83.2 Å². The molecule has 0 aromatic heterocycles. The molecule has 0 bridgehead atoms. The van der Waals surface area contributed by atoms with Gasteiger partial charge >= 0.3 is 51.4 Å². The Balaban J connectivity index is 0.00000648. The maximum atomic E-state index is 9.00. The Morgan fingerprint density at radius 3 is 2.58 bits per heavy atom. The minimum absolute atomic E-state index is 0. The molecule has 0 amide bonds. The number of allylic oxidation sites excluding steroid dienone is 10. The summed E-state index contributed by atoms with van der Waals surface area (Å²) in [5.74, 6) is 1.17. The fraction of sp³-hybridized carbons (Fsp3) is 0.400. The molecule has 1 atom stereocenters. The van der Waals surface area contributed by atoms with Gasteiger partial charge in [0.25, 0.3) is 0 Å². The predicted octanol–water partition coefficient (Wildman–Crippen LogP) is 4.08. The van der Waals surface area contributed by atoms with Crippen LogP contribution >= 0.6 is 0 Å². The van der Waals surface area contributed by atoms with Crippen molar-refractivity contribution in [3.8, 4) is 0 Å². The van der Waals surface area contributed by atoms with Crippen molar-refractivity contribution in [1.29, 1.82) is 5.41 Å². The van der Waals surface area contributed by atoms with Crippen LogP contribution in [0.5, 0.6) is 0 Å². The quantitative estimate of drug-likeness (QED) is 0.206. The Labute approximate surface area is 261 Å². The van der Waals surface area contributed by atoms with Gasteiger partial charge in [0.1, 0.15) is 5.84 Å². The fourth-order valence-electron chi connectivity index (χ4n) is 4.16. The van der Waals surface area contributed by atoms with E-state index >= 15 is 0 Å². The van der Waals surface area contributed by atoms with E-state index in [9.17, 15) is 0 Å².